The number of hydrogen-bond acceptors (Lipinski definition) is 4. The number of hydrogen-bond donors (Lipinski definition) is 3. The van der Waals surface area contributed by atoms with Crippen molar-refractivity contribution in [2.45, 2.75) is 37.1 Å². The largest absolute Gasteiger partial charge is 0.352 e. The molecule has 2 aromatic carbocycles. The molecule has 28 heavy (non-hydrogen) atoms. The minimum Gasteiger partial charge on any atom is -0.352 e. The Morgan fingerprint density at radius 1 is 1.07 bits per heavy atom. The zero-order chi connectivity index (χ0) is 20.0. The number of fused-ring (bicyclic) bond motifs is 1. The maximum atomic E-state index is 12.4. The molecule has 0 atom stereocenters. The molecule has 0 bridgehead atoms. The van der Waals surface area contributed by atoms with Gasteiger partial charge in [-0.25, -0.2) is 13.1 Å². The first-order valence-electron chi connectivity index (χ1n) is 9.17. The number of benzene rings is 2. The second kappa shape index (κ2) is 8.99. The summed E-state index contributed by atoms with van der Waals surface area (Å²) in [5, 5.41) is 5.54. The average Bonchev–Trinajstić information content (AvgIpc) is 2.70. The monoisotopic (exact) mass is 401 g/mol. The SMILES string of the molecule is O=C(CCCNS(=O)(=O)c1ccc2c(c1)CCC(=O)N2)NCc1ccccc1. The molecular formula is C20H23N3O4S. The van der Waals surface area contributed by atoms with Gasteiger partial charge in [0.15, 0.2) is 0 Å². The van der Waals surface area contributed by atoms with Crippen LogP contribution in [0.5, 0.6) is 0 Å². The Kier molecular flexibility index (Phi) is 6.43. The van der Waals surface area contributed by atoms with Crippen molar-refractivity contribution < 1.29 is 18.0 Å². The van der Waals surface area contributed by atoms with Crippen LogP contribution in [0.25, 0.3) is 0 Å². The molecule has 0 saturated heterocycles. The van der Waals surface area contributed by atoms with Gasteiger partial charge in [0.25, 0.3) is 0 Å². The Bertz CT molecular complexity index is 959. The van der Waals surface area contributed by atoms with E-state index in [2.05, 4.69) is 15.4 Å². The van der Waals surface area contributed by atoms with Gasteiger partial charge in [0.2, 0.25) is 21.8 Å². The summed E-state index contributed by atoms with van der Waals surface area (Å²) in [4.78, 5) is 23.4. The minimum atomic E-state index is -3.65. The summed E-state index contributed by atoms with van der Waals surface area (Å²) in [6, 6.07) is 14.3. The summed E-state index contributed by atoms with van der Waals surface area (Å²) in [6.45, 7) is 0.631. The second-order valence-corrected chi connectivity index (χ2v) is 8.40. The molecule has 3 rings (SSSR count). The Hall–Kier alpha value is -2.71. The lowest BCUT2D eigenvalue weighted by Gasteiger charge is -2.17. The molecule has 1 aliphatic heterocycles. The minimum absolute atomic E-state index is 0.0632. The van der Waals surface area contributed by atoms with E-state index in [1.165, 1.54) is 6.07 Å². The maximum Gasteiger partial charge on any atom is 0.240 e. The molecule has 1 aliphatic rings. The van der Waals surface area contributed by atoms with E-state index < -0.39 is 10.0 Å². The summed E-state index contributed by atoms with van der Waals surface area (Å²) in [5.74, 6) is -0.181. The fraction of sp³-hybridized carbons (Fsp3) is 0.300. The van der Waals surface area contributed by atoms with Crippen molar-refractivity contribution in [3.8, 4) is 0 Å². The van der Waals surface area contributed by atoms with Gasteiger partial charge in [-0.3, -0.25) is 9.59 Å². The molecule has 3 N–H and O–H groups in total. The molecule has 148 valence electrons. The van der Waals surface area contributed by atoms with Crippen LogP contribution in [0.3, 0.4) is 0 Å². The molecule has 7 nitrogen and oxygen atoms in total. The summed E-state index contributed by atoms with van der Waals surface area (Å²) in [5.41, 5.74) is 2.48. The van der Waals surface area contributed by atoms with Gasteiger partial charge in [-0.15, -0.1) is 0 Å². The van der Waals surface area contributed by atoms with Crippen LogP contribution in [0.4, 0.5) is 5.69 Å². The number of carbonyl (C=O) groups excluding carboxylic acids is 2. The summed E-state index contributed by atoms with van der Waals surface area (Å²) >= 11 is 0. The van der Waals surface area contributed by atoms with Crippen LogP contribution < -0.4 is 15.4 Å². The molecule has 0 unspecified atom stereocenters. The first kappa shape index (κ1) is 20.0. The fourth-order valence-corrected chi connectivity index (χ4v) is 4.07. The van der Waals surface area contributed by atoms with E-state index in [-0.39, 0.29) is 29.7 Å². The van der Waals surface area contributed by atoms with E-state index in [0.717, 1.165) is 11.1 Å². The van der Waals surface area contributed by atoms with Gasteiger partial charge < -0.3 is 10.6 Å². The molecule has 0 saturated carbocycles. The summed E-state index contributed by atoms with van der Waals surface area (Å²) in [7, 11) is -3.65. The van der Waals surface area contributed by atoms with Gasteiger partial charge in [-0.2, -0.15) is 0 Å². The first-order chi connectivity index (χ1) is 13.4. The van der Waals surface area contributed by atoms with Crippen molar-refractivity contribution in [1.29, 1.82) is 0 Å². The average molecular weight is 401 g/mol. The topological polar surface area (TPSA) is 104 Å². The molecule has 8 heteroatoms. The Labute approximate surface area is 164 Å². The van der Waals surface area contributed by atoms with E-state index in [9.17, 15) is 18.0 Å². The van der Waals surface area contributed by atoms with Crippen molar-refractivity contribution in [3.05, 3.63) is 59.7 Å². The van der Waals surface area contributed by atoms with Gasteiger partial charge in [0, 0.05) is 31.6 Å². The molecular weight excluding hydrogens is 378 g/mol. The lowest BCUT2D eigenvalue weighted by Crippen LogP contribution is -2.28. The molecule has 2 aromatic rings. The van der Waals surface area contributed by atoms with Crippen molar-refractivity contribution in [3.63, 3.8) is 0 Å². The van der Waals surface area contributed by atoms with Crippen LogP contribution in [0.1, 0.15) is 30.4 Å². The van der Waals surface area contributed by atoms with Crippen LogP contribution in [0.15, 0.2) is 53.4 Å². The molecule has 0 aromatic heterocycles. The van der Waals surface area contributed by atoms with Gasteiger partial charge in [-0.05, 0) is 42.2 Å². The van der Waals surface area contributed by atoms with E-state index in [1.54, 1.807) is 12.1 Å². The highest BCUT2D eigenvalue weighted by Gasteiger charge is 2.19. The predicted octanol–water partition coefficient (Wildman–Crippen LogP) is 1.95. The van der Waals surface area contributed by atoms with E-state index >= 15 is 0 Å². The fourth-order valence-electron chi connectivity index (χ4n) is 2.95. The highest BCUT2D eigenvalue weighted by atomic mass is 32.2. The van der Waals surface area contributed by atoms with Crippen LogP contribution in [-0.4, -0.2) is 26.8 Å². The third-order valence-corrected chi connectivity index (χ3v) is 5.95. The Morgan fingerprint density at radius 2 is 1.86 bits per heavy atom. The highest BCUT2D eigenvalue weighted by molar-refractivity contribution is 7.89. The number of anilines is 1. The summed E-state index contributed by atoms with van der Waals surface area (Å²) in [6.07, 6.45) is 1.51. The van der Waals surface area contributed by atoms with Crippen LogP contribution in [0, 0.1) is 0 Å². The number of aryl methyl sites for hydroxylation is 1. The quantitative estimate of drug-likeness (QED) is 0.588. The first-order valence-corrected chi connectivity index (χ1v) is 10.7. The molecule has 0 aliphatic carbocycles. The zero-order valence-electron chi connectivity index (χ0n) is 15.4. The third-order valence-electron chi connectivity index (χ3n) is 4.49. The molecule has 0 radical (unpaired) electrons. The zero-order valence-corrected chi connectivity index (χ0v) is 16.2. The molecule has 2 amide bonds. The number of sulfonamides is 1. The summed E-state index contributed by atoms with van der Waals surface area (Å²) < 4.78 is 27.4. The number of rotatable bonds is 8. The second-order valence-electron chi connectivity index (χ2n) is 6.63. The van der Waals surface area contributed by atoms with E-state index in [1.807, 2.05) is 30.3 Å². The van der Waals surface area contributed by atoms with Crippen molar-refractivity contribution >= 4 is 27.5 Å². The lowest BCUT2D eigenvalue weighted by molar-refractivity contribution is -0.121. The number of nitrogens with one attached hydrogen (secondary N) is 3. The van der Waals surface area contributed by atoms with Crippen molar-refractivity contribution in [2.75, 3.05) is 11.9 Å². The molecule has 0 fully saturated rings. The van der Waals surface area contributed by atoms with Crippen molar-refractivity contribution in [1.82, 2.24) is 10.0 Å². The van der Waals surface area contributed by atoms with E-state index in [4.69, 9.17) is 0 Å². The van der Waals surface area contributed by atoms with Gasteiger partial charge in [0.05, 0.1) is 4.90 Å². The Balaban J connectivity index is 1.45. The smallest absolute Gasteiger partial charge is 0.240 e. The van der Waals surface area contributed by atoms with Crippen LogP contribution >= 0.6 is 0 Å². The third kappa shape index (κ3) is 5.40. The molecule has 1 heterocycles. The normalized spacial score (nSPS) is 13.5. The van der Waals surface area contributed by atoms with Gasteiger partial charge >= 0.3 is 0 Å². The Morgan fingerprint density at radius 3 is 2.64 bits per heavy atom. The standard InChI is InChI=1S/C20H23N3O4S/c24-19(21-14-15-5-2-1-3-6-15)7-4-12-22-28(26,27)17-9-10-18-16(13-17)8-11-20(25)23-18/h1-3,5-6,9-10,13,22H,4,7-8,11-12,14H2,(H,21,24)(H,23,25). The number of amides is 2. The van der Waals surface area contributed by atoms with Gasteiger partial charge in [-0.1, -0.05) is 30.3 Å². The van der Waals surface area contributed by atoms with Crippen LogP contribution in [-0.2, 0) is 32.6 Å². The van der Waals surface area contributed by atoms with Gasteiger partial charge in [0.1, 0.15) is 0 Å². The maximum absolute atomic E-state index is 12.4. The lowest BCUT2D eigenvalue weighted by atomic mass is 10.0. The van der Waals surface area contributed by atoms with E-state index in [0.29, 0.717) is 31.5 Å². The van der Waals surface area contributed by atoms with Crippen LogP contribution in [0.2, 0.25) is 0 Å². The molecule has 0 spiro atoms. The predicted molar refractivity (Wildman–Crippen MR) is 106 cm³/mol. The number of carbonyl (C=O) groups is 2. The van der Waals surface area contributed by atoms with Crippen molar-refractivity contribution in [2.24, 2.45) is 0 Å². The highest BCUT2D eigenvalue weighted by Crippen LogP contribution is 2.25.